The Morgan fingerprint density at radius 1 is 1.05 bits per heavy atom. The minimum absolute atomic E-state index is 0.0313. The first-order valence-corrected chi connectivity index (χ1v) is 6.87. The van der Waals surface area contributed by atoms with E-state index >= 15 is 0 Å². The summed E-state index contributed by atoms with van der Waals surface area (Å²) in [5, 5.41) is 5.82. The molecule has 0 fully saturated rings. The second-order valence-electron chi connectivity index (χ2n) is 4.45. The lowest BCUT2D eigenvalue weighted by atomic mass is 10.1. The molecule has 6 nitrogen and oxygen atoms in total. The summed E-state index contributed by atoms with van der Waals surface area (Å²) in [6.45, 7) is 1.22. The van der Waals surface area contributed by atoms with Crippen molar-refractivity contribution in [2.45, 2.75) is 12.8 Å². The smallest absolute Gasteiger partial charge is 0.221 e. The zero-order valence-electron chi connectivity index (χ0n) is 13.1. The predicted molar refractivity (Wildman–Crippen MR) is 81.4 cm³/mol. The number of hydrogen-bond acceptors (Lipinski definition) is 5. The van der Waals surface area contributed by atoms with Crippen LogP contribution in [0.15, 0.2) is 12.1 Å². The minimum Gasteiger partial charge on any atom is -0.493 e. The van der Waals surface area contributed by atoms with E-state index in [2.05, 4.69) is 10.6 Å². The van der Waals surface area contributed by atoms with Gasteiger partial charge in [0.05, 0.1) is 21.3 Å². The van der Waals surface area contributed by atoms with E-state index in [4.69, 9.17) is 14.2 Å². The average Bonchev–Trinajstić information content (AvgIpc) is 2.51. The number of methoxy groups -OCH3 is 3. The average molecular weight is 296 g/mol. The van der Waals surface area contributed by atoms with Crippen LogP contribution in [0.5, 0.6) is 17.2 Å². The zero-order valence-corrected chi connectivity index (χ0v) is 13.1. The summed E-state index contributed by atoms with van der Waals surface area (Å²) in [4.78, 5) is 11.5. The lowest BCUT2D eigenvalue weighted by Crippen LogP contribution is -2.28. The lowest BCUT2D eigenvalue weighted by Gasteiger charge is -2.15. The van der Waals surface area contributed by atoms with Crippen molar-refractivity contribution < 1.29 is 19.0 Å². The summed E-state index contributed by atoms with van der Waals surface area (Å²) in [7, 11) is 6.57. The van der Waals surface area contributed by atoms with Gasteiger partial charge in [0.2, 0.25) is 11.7 Å². The van der Waals surface area contributed by atoms with Gasteiger partial charge < -0.3 is 24.8 Å². The van der Waals surface area contributed by atoms with Gasteiger partial charge in [-0.25, -0.2) is 0 Å². The van der Waals surface area contributed by atoms with Crippen LogP contribution in [0.3, 0.4) is 0 Å². The van der Waals surface area contributed by atoms with Gasteiger partial charge in [-0.3, -0.25) is 4.79 Å². The molecule has 1 rings (SSSR count). The van der Waals surface area contributed by atoms with Crippen molar-refractivity contribution >= 4 is 5.91 Å². The Kier molecular flexibility index (Phi) is 7.39. The number of hydrogen-bond donors (Lipinski definition) is 2. The minimum atomic E-state index is 0.0313. The second-order valence-corrected chi connectivity index (χ2v) is 4.45. The van der Waals surface area contributed by atoms with Gasteiger partial charge in [-0.1, -0.05) is 6.07 Å². The van der Waals surface area contributed by atoms with Gasteiger partial charge >= 0.3 is 0 Å². The molecule has 118 valence electrons. The maximum Gasteiger partial charge on any atom is 0.221 e. The maximum absolute atomic E-state index is 11.5. The SMILES string of the molecule is CNCCC(=O)NCCc1ccc(OC)c(OC)c1OC. The molecule has 0 spiro atoms. The molecule has 1 aromatic carbocycles. The van der Waals surface area contributed by atoms with Crippen molar-refractivity contribution in [1.29, 1.82) is 0 Å². The zero-order chi connectivity index (χ0) is 15.7. The summed E-state index contributed by atoms with van der Waals surface area (Å²) in [6, 6.07) is 3.75. The number of benzene rings is 1. The van der Waals surface area contributed by atoms with Crippen LogP contribution in [0.1, 0.15) is 12.0 Å². The van der Waals surface area contributed by atoms with Gasteiger partial charge in [0, 0.05) is 25.1 Å². The van der Waals surface area contributed by atoms with Crippen molar-refractivity contribution in [1.82, 2.24) is 10.6 Å². The Morgan fingerprint density at radius 3 is 2.33 bits per heavy atom. The fraction of sp³-hybridized carbons (Fsp3) is 0.533. The molecule has 0 unspecified atom stereocenters. The third-order valence-electron chi connectivity index (χ3n) is 3.10. The van der Waals surface area contributed by atoms with E-state index in [9.17, 15) is 4.79 Å². The van der Waals surface area contributed by atoms with Crippen LogP contribution < -0.4 is 24.8 Å². The van der Waals surface area contributed by atoms with Crippen molar-refractivity contribution in [3.8, 4) is 17.2 Å². The number of rotatable bonds is 9. The van der Waals surface area contributed by atoms with Crippen LogP contribution in [-0.2, 0) is 11.2 Å². The van der Waals surface area contributed by atoms with Gasteiger partial charge in [-0.05, 0) is 19.5 Å². The molecule has 1 amide bonds. The Morgan fingerprint density at radius 2 is 1.76 bits per heavy atom. The number of ether oxygens (including phenoxy) is 3. The Bertz CT molecular complexity index is 463. The van der Waals surface area contributed by atoms with Crippen LogP contribution in [0.2, 0.25) is 0 Å². The number of nitrogens with one attached hydrogen (secondary N) is 2. The van der Waals surface area contributed by atoms with E-state index in [1.807, 2.05) is 19.2 Å². The quantitative estimate of drug-likeness (QED) is 0.711. The summed E-state index contributed by atoms with van der Waals surface area (Å²) in [5.74, 6) is 1.86. The molecule has 0 heterocycles. The number of amides is 1. The van der Waals surface area contributed by atoms with Gasteiger partial charge in [0.1, 0.15) is 0 Å². The van der Waals surface area contributed by atoms with E-state index < -0.39 is 0 Å². The molecular formula is C15H24N2O4. The van der Waals surface area contributed by atoms with E-state index in [1.165, 1.54) is 0 Å². The highest BCUT2D eigenvalue weighted by atomic mass is 16.5. The Balaban J connectivity index is 2.69. The molecule has 21 heavy (non-hydrogen) atoms. The van der Waals surface area contributed by atoms with Crippen LogP contribution in [0, 0.1) is 0 Å². The molecule has 0 atom stereocenters. The van der Waals surface area contributed by atoms with Crippen molar-refractivity contribution in [3.05, 3.63) is 17.7 Å². The largest absolute Gasteiger partial charge is 0.493 e. The Hall–Kier alpha value is -1.95. The molecule has 0 aliphatic rings. The topological polar surface area (TPSA) is 68.8 Å². The van der Waals surface area contributed by atoms with Crippen LogP contribution in [-0.4, -0.2) is 47.4 Å². The predicted octanol–water partition coefficient (Wildman–Crippen LogP) is 0.981. The third kappa shape index (κ3) is 4.82. The van der Waals surface area contributed by atoms with Gasteiger partial charge in [-0.2, -0.15) is 0 Å². The number of carbonyl (C=O) groups is 1. The molecule has 0 aromatic heterocycles. The maximum atomic E-state index is 11.5. The fourth-order valence-corrected chi connectivity index (χ4v) is 2.02. The fourth-order valence-electron chi connectivity index (χ4n) is 2.02. The molecule has 6 heteroatoms. The molecule has 0 aliphatic heterocycles. The third-order valence-corrected chi connectivity index (χ3v) is 3.10. The molecule has 0 saturated heterocycles. The normalized spacial score (nSPS) is 10.1. The summed E-state index contributed by atoms with van der Waals surface area (Å²) >= 11 is 0. The van der Waals surface area contributed by atoms with E-state index in [0.29, 0.717) is 43.2 Å². The van der Waals surface area contributed by atoms with E-state index in [1.54, 1.807) is 21.3 Å². The Labute approximate surface area is 125 Å². The van der Waals surface area contributed by atoms with E-state index in [-0.39, 0.29) is 5.91 Å². The molecule has 0 aliphatic carbocycles. The molecule has 0 bridgehead atoms. The van der Waals surface area contributed by atoms with E-state index in [0.717, 1.165) is 5.56 Å². The lowest BCUT2D eigenvalue weighted by molar-refractivity contribution is -0.120. The summed E-state index contributed by atoms with van der Waals surface area (Å²) < 4.78 is 16.0. The molecule has 1 aromatic rings. The van der Waals surface area contributed by atoms with Gasteiger partial charge in [0.15, 0.2) is 11.5 Å². The molecule has 0 saturated carbocycles. The first-order valence-electron chi connectivity index (χ1n) is 6.87. The van der Waals surface area contributed by atoms with Crippen molar-refractivity contribution in [2.75, 3.05) is 41.5 Å². The van der Waals surface area contributed by atoms with Crippen molar-refractivity contribution in [2.24, 2.45) is 0 Å². The second kappa shape index (κ2) is 9.07. The highest BCUT2D eigenvalue weighted by molar-refractivity contribution is 5.76. The van der Waals surface area contributed by atoms with Crippen LogP contribution in [0.25, 0.3) is 0 Å². The monoisotopic (exact) mass is 296 g/mol. The molecule has 2 N–H and O–H groups in total. The van der Waals surface area contributed by atoms with Gasteiger partial charge in [-0.15, -0.1) is 0 Å². The standard InChI is InChI=1S/C15H24N2O4/c1-16-9-8-13(18)17-10-7-11-5-6-12(19-2)15(21-4)14(11)20-3/h5-6,16H,7-10H2,1-4H3,(H,17,18). The summed E-state index contributed by atoms with van der Waals surface area (Å²) in [6.07, 6.45) is 1.13. The highest BCUT2D eigenvalue weighted by Crippen LogP contribution is 2.39. The first-order chi connectivity index (χ1) is 10.2. The van der Waals surface area contributed by atoms with Crippen LogP contribution >= 0.6 is 0 Å². The highest BCUT2D eigenvalue weighted by Gasteiger charge is 2.15. The molecule has 0 radical (unpaired) electrons. The molecular weight excluding hydrogens is 272 g/mol. The van der Waals surface area contributed by atoms with Crippen LogP contribution in [0.4, 0.5) is 0 Å². The number of carbonyl (C=O) groups excluding carboxylic acids is 1. The summed E-state index contributed by atoms with van der Waals surface area (Å²) in [5.41, 5.74) is 0.962. The van der Waals surface area contributed by atoms with Crippen molar-refractivity contribution in [3.63, 3.8) is 0 Å². The first kappa shape index (κ1) is 17.1. The van der Waals surface area contributed by atoms with Gasteiger partial charge in [0.25, 0.3) is 0 Å².